The van der Waals surface area contributed by atoms with E-state index in [-0.39, 0.29) is 50.7 Å². The van der Waals surface area contributed by atoms with Gasteiger partial charge in [-0.05, 0) is 82.3 Å². The summed E-state index contributed by atoms with van der Waals surface area (Å²) in [5.74, 6) is 0.995. The molecule has 0 radical (unpaired) electrons. The van der Waals surface area contributed by atoms with Crippen LogP contribution >= 0.6 is 0 Å². The second-order valence-electron chi connectivity index (χ2n) is 8.94. The van der Waals surface area contributed by atoms with Crippen LogP contribution in [-0.4, -0.2) is 0 Å². The summed E-state index contributed by atoms with van der Waals surface area (Å²) >= 11 is 0. The fourth-order valence-corrected chi connectivity index (χ4v) is 6.05. The second kappa shape index (κ2) is 10.3. The average Bonchev–Trinajstić information content (AvgIpc) is 3.27. The smallest absolute Gasteiger partial charge is 1.00 e. The molecule has 2 atom stereocenters. The van der Waals surface area contributed by atoms with Gasteiger partial charge in [0.15, 0.2) is 0 Å². The van der Waals surface area contributed by atoms with Gasteiger partial charge in [-0.15, -0.1) is 0 Å². The molecule has 2 aliphatic carbocycles. The number of benzene rings is 4. The Morgan fingerprint density at radius 1 is 0.485 bits per heavy atom. The summed E-state index contributed by atoms with van der Waals surface area (Å²) in [6.07, 6.45) is 2.36. The van der Waals surface area contributed by atoms with Gasteiger partial charge in [0.1, 0.15) is 0 Å². The summed E-state index contributed by atoms with van der Waals surface area (Å²) in [5, 5.41) is 0. The monoisotopic (exact) mass is 636 g/mol. The van der Waals surface area contributed by atoms with Gasteiger partial charge in [0.25, 0.3) is 0 Å². The van der Waals surface area contributed by atoms with Crippen LogP contribution in [0.25, 0.3) is 22.3 Å². The molecule has 0 amide bonds. The van der Waals surface area contributed by atoms with Crippen LogP contribution in [0.3, 0.4) is 0 Å². The van der Waals surface area contributed by atoms with Crippen molar-refractivity contribution in [1.29, 1.82) is 0 Å². The molecule has 0 bridgehead atoms. The van der Waals surface area contributed by atoms with E-state index in [0.29, 0.717) is 11.8 Å². The molecule has 2 aliphatic rings. The van der Waals surface area contributed by atoms with E-state index >= 15 is 0 Å². The van der Waals surface area contributed by atoms with Crippen molar-refractivity contribution >= 4 is 0 Å². The Bertz CT molecular complexity index is 1190. The molecule has 0 nitrogen and oxygen atoms in total. The molecule has 0 fully saturated rings. The van der Waals surface area contributed by atoms with Crippen molar-refractivity contribution in [3.63, 3.8) is 0 Å². The van der Waals surface area contributed by atoms with Crippen LogP contribution in [0.15, 0.2) is 84.9 Å². The van der Waals surface area contributed by atoms with Gasteiger partial charge in [-0.2, -0.15) is 0 Å². The van der Waals surface area contributed by atoms with Gasteiger partial charge >= 0.3 is 25.8 Å². The van der Waals surface area contributed by atoms with Gasteiger partial charge in [0, 0.05) is 11.8 Å². The number of hydrogen-bond acceptors (Lipinski definition) is 0. The minimum atomic E-state index is 0. The number of fused-ring (bicyclic) bond motifs is 6. The molecule has 4 aromatic carbocycles. The van der Waals surface area contributed by atoms with Crippen LogP contribution in [0.4, 0.5) is 0 Å². The number of aryl methyl sites for hydroxylation is 2. The van der Waals surface area contributed by atoms with Crippen LogP contribution in [0.5, 0.6) is 0 Å². The molecule has 6 rings (SSSR count). The van der Waals surface area contributed by atoms with Gasteiger partial charge in [0.05, 0.1) is 0 Å². The van der Waals surface area contributed by atoms with Crippen molar-refractivity contribution < 1.29 is 50.7 Å². The molecule has 0 spiro atoms. The van der Waals surface area contributed by atoms with E-state index < -0.39 is 0 Å². The van der Waals surface area contributed by atoms with E-state index in [9.17, 15) is 0 Å². The van der Waals surface area contributed by atoms with E-state index in [1.54, 1.807) is 0 Å². The summed E-state index contributed by atoms with van der Waals surface area (Å²) in [5.41, 5.74) is 14.7. The maximum Gasteiger partial charge on any atom is 2.00 e. The van der Waals surface area contributed by atoms with Crippen molar-refractivity contribution in [2.45, 2.75) is 38.5 Å². The summed E-state index contributed by atoms with van der Waals surface area (Å²) in [6, 6.07) is 31.8. The molecular weight excluding hydrogens is 610 g/mol. The Labute approximate surface area is 228 Å². The third-order valence-electron chi connectivity index (χ3n) is 7.32. The van der Waals surface area contributed by atoms with Crippen molar-refractivity contribution in [1.82, 2.24) is 0 Å². The Hall–Kier alpha value is -1.67. The molecule has 0 heterocycles. The van der Waals surface area contributed by atoms with Crippen molar-refractivity contribution in [3.05, 3.63) is 118 Å². The predicted octanol–water partition coefficient (Wildman–Crippen LogP) is 2.01. The maximum absolute atomic E-state index is 2.35. The van der Waals surface area contributed by atoms with Gasteiger partial charge in [-0.3, -0.25) is 0 Å². The fourth-order valence-electron chi connectivity index (χ4n) is 6.05. The normalized spacial score (nSPS) is 16.3. The van der Waals surface area contributed by atoms with Crippen molar-refractivity contribution in [2.75, 3.05) is 0 Å². The first-order valence-corrected chi connectivity index (χ1v) is 11.1. The van der Waals surface area contributed by atoms with Gasteiger partial charge in [-0.25, -0.2) is 0 Å². The molecule has 3 heteroatoms. The van der Waals surface area contributed by atoms with Crippen molar-refractivity contribution in [3.8, 4) is 22.3 Å². The third kappa shape index (κ3) is 4.07. The Kier molecular flexibility index (Phi) is 8.10. The fraction of sp³-hybridized carbons (Fsp3) is 0.200. The molecule has 0 aliphatic heterocycles. The van der Waals surface area contributed by atoms with E-state index in [1.807, 2.05) is 0 Å². The minimum absolute atomic E-state index is 0. The quantitative estimate of drug-likeness (QED) is 0.303. The van der Waals surface area contributed by atoms with E-state index in [2.05, 4.69) is 98.8 Å². The van der Waals surface area contributed by atoms with Crippen LogP contribution in [0.1, 0.15) is 58.1 Å². The van der Waals surface area contributed by atoms with E-state index in [1.165, 1.54) is 68.5 Å². The molecule has 2 unspecified atom stereocenters. The molecule has 0 aromatic heterocycles. The first kappa shape index (κ1) is 25.9. The van der Waals surface area contributed by atoms with Crippen LogP contribution in [0.2, 0.25) is 0 Å². The van der Waals surface area contributed by atoms with Crippen LogP contribution in [-0.2, 0) is 25.8 Å². The first-order valence-electron chi connectivity index (χ1n) is 11.1. The van der Waals surface area contributed by atoms with E-state index in [0.717, 1.165) is 0 Å². The zero-order chi connectivity index (χ0) is 20.2. The molecular formula is C30H26Cl2Hf. The van der Waals surface area contributed by atoms with Crippen LogP contribution < -0.4 is 24.8 Å². The molecule has 0 saturated heterocycles. The topological polar surface area (TPSA) is 0 Å². The predicted molar refractivity (Wildman–Crippen MR) is 126 cm³/mol. The molecule has 164 valence electrons. The first-order chi connectivity index (χ1) is 14.7. The van der Waals surface area contributed by atoms with Gasteiger partial charge in [-0.1, -0.05) is 84.9 Å². The number of rotatable bonds is 3. The van der Waals surface area contributed by atoms with Crippen molar-refractivity contribution in [2.24, 2.45) is 0 Å². The molecule has 0 N–H and O–H groups in total. The standard InChI is InChI=1S/C30H26.2ClH.Hf/c1-19-9-7-15-27-23(21-11-3-5-13-25(21)29(19)27)17-18-24-22-12-4-6-14-26(22)30-20(2)10-8-16-28(24)30;;;/h3-16,23-24H,17-18H2,1-2H3;2*1H;/q;;;+2/p-2. The second-order valence-corrected chi connectivity index (χ2v) is 8.94. The van der Waals surface area contributed by atoms with Gasteiger partial charge in [0.2, 0.25) is 0 Å². The summed E-state index contributed by atoms with van der Waals surface area (Å²) in [7, 11) is 0. The Morgan fingerprint density at radius 2 is 0.848 bits per heavy atom. The Morgan fingerprint density at radius 3 is 1.27 bits per heavy atom. The third-order valence-corrected chi connectivity index (χ3v) is 7.32. The van der Waals surface area contributed by atoms with Gasteiger partial charge < -0.3 is 24.8 Å². The maximum atomic E-state index is 2.35. The summed E-state index contributed by atoms with van der Waals surface area (Å²) < 4.78 is 0. The van der Waals surface area contributed by atoms with E-state index in [4.69, 9.17) is 0 Å². The molecule has 0 saturated carbocycles. The number of halogens is 2. The summed E-state index contributed by atoms with van der Waals surface area (Å²) in [4.78, 5) is 0. The average molecular weight is 636 g/mol. The minimum Gasteiger partial charge on any atom is -1.00 e. The zero-order valence-electron chi connectivity index (χ0n) is 18.9. The number of hydrogen-bond donors (Lipinski definition) is 0. The molecule has 33 heavy (non-hydrogen) atoms. The molecule has 4 aromatic rings. The SMILES string of the molecule is Cc1cccc2c1-c1ccccc1C2CCC1c2ccccc2-c2c(C)cccc21.[Cl-].[Cl-].[Hf+2]. The largest absolute Gasteiger partial charge is 2.00 e. The van der Waals surface area contributed by atoms with Crippen LogP contribution in [0, 0.1) is 13.8 Å². The zero-order valence-corrected chi connectivity index (χ0v) is 24.0. The Balaban J connectivity index is 0.00000102. The summed E-state index contributed by atoms with van der Waals surface area (Å²) in [6.45, 7) is 4.51.